The van der Waals surface area contributed by atoms with E-state index >= 15 is 0 Å². The van der Waals surface area contributed by atoms with Crippen LogP contribution in [0.4, 0.5) is 0 Å². The topological polar surface area (TPSA) is 61.9 Å². The molecule has 2 heterocycles. The van der Waals surface area contributed by atoms with Gasteiger partial charge < -0.3 is 10.9 Å². The minimum Gasteiger partial charge on any atom is -0.409 e. The number of amidine groups is 1. The summed E-state index contributed by atoms with van der Waals surface area (Å²) in [7, 11) is 0. The monoisotopic (exact) mass is 363 g/mol. The van der Waals surface area contributed by atoms with Crippen molar-refractivity contribution in [1.29, 1.82) is 0 Å². The second-order valence-electron chi connectivity index (χ2n) is 4.65. The maximum Gasteiger partial charge on any atom is 0.155 e. The van der Waals surface area contributed by atoms with Gasteiger partial charge in [-0.25, -0.2) is 0 Å². The normalized spacial score (nSPS) is 20.6. The molecule has 0 aliphatic carbocycles. The average Bonchev–Trinajstić information content (AvgIpc) is 2.84. The first-order chi connectivity index (χ1) is 9.11. The maximum atomic E-state index is 8.92. The Morgan fingerprint density at radius 1 is 1.63 bits per heavy atom. The van der Waals surface area contributed by atoms with Crippen LogP contribution in [0.2, 0.25) is 0 Å². The van der Waals surface area contributed by atoms with Crippen molar-refractivity contribution in [2.45, 2.75) is 24.1 Å². The van der Waals surface area contributed by atoms with E-state index in [1.165, 1.54) is 9.35 Å². The molecule has 0 saturated carbocycles. The van der Waals surface area contributed by atoms with Crippen molar-refractivity contribution in [1.82, 2.24) is 4.90 Å². The lowest BCUT2D eigenvalue weighted by atomic mass is 9.94. The maximum absolute atomic E-state index is 8.92. The highest BCUT2D eigenvalue weighted by Crippen LogP contribution is 2.36. The number of piperidine rings is 1. The van der Waals surface area contributed by atoms with Crippen LogP contribution in [0.1, 0.15) is 17.7 Å². The molecule has 0 radical (unpaired) electrons. The number of likely N-dealkylation sites (tertiary alicyclic amines) is 1. The lowest BCUT2D eigenvalue weighted by molar-refractivity contribution is 0.210. The average molecular weight is 364 g/mol. The molecule has 3 N–H and O–H groups in total. The summed E-state index contributed by atoms with van der Waals surface area (Å²) in [6.45, 7) is 2.92. The van der Waals surface area contributed by atoms with Crippen LogP contribution in [-0.4, -0.2) is 40.0 Å². The van der Waals surface area contributed by atoms with Gasteiger partial charge in [0.1, 0.15) is 0 Å². The second-order valence-corrected chi connectivity index (χ2v) is 7.70. The molecule has 0 amide bonds. The summed E-state index contributed by atoms with van der Waals surface area (Å²) in [6.07, 6.45) is 3.88. The van der Waals surface area contributed by atoms with Gasteiger partial charge in [0.25, 0.3) is 0 Å². The van der Waals surface area contributed by atoms with Gasteiger partial charge in [-0.05, 0) is 46.5 Å². The third kappa shape index (κ3) is 3.26. The summed E-state index contributed by atoms with van der Waals surface area (Å²) >= 11 is 7.04. The van der Waals surface area contributed by atoms with Crippen molar-refractivity contribution in [2.75, 3.05) is 19.3 Å². The molecule has 4 nitrogen and oxygen atoms in total. The summed E-state index contributed by atoms with van der Waals surface area (Å²) < 4.78 is 0.994. The van der Waals surface area contributed by atoms with Crippen LogP contribution in [-0.2, 0) is 6.54 Å². The fourth-order valence-electron chi connectivity index (χ4n) is 2.37. The molecule has 1 aromatic rings. The van der Waals surface area contributed by atoms with E-state index in [0.29, 0.717) is 5.84 Å². The smallest absolute Gasteiger partial charge is 0.155 e. The van der Waals surface area contributed by atoms with Crippen LogP contribution < -0.4 is 5.73 Å². The molecule has 0 unspecified atom stereocenters. The quantitative estimate of drug-likeness (QED) is 0.373. The Bertz CT molecular complexity index is 456. The highest BCUT2D eigenvalue weighted by molar-refractivity contribution is 9.10. The zero-order chi connectivity index (χ0) is 13.9. The first-order valence-corrected chi connectivity index (χ1v) is 8.98. The summed E-state index contributed by atoms with van der Waals surface area (Å²) in [5.74, 6) is 0.358. The van der Waals surface area contributed by atoms with Gasteiger partial charge in [0.2, 0.25) is 0 Å². The molecule has 1 fully saturated rings. The van der Waals surface area contributed by atoms with Gasteiger partial charge in [0, 0.05) is 29.0 Å². The van der Waals surface area contributed by atoms with Crippen LogP contribution in [0.25, 0.3) is 0 Å². The van der Waals surface area contributed by atoms with E-state index in [1.807, 2.05) is 6.26 Å². The highest BCUT2D eigenvalue weighted by Gasteiger charge is 2.38. The molecule has 0 spiro atoms. The van der Waals surface area contributed by atoms with Gasteiger partial charge in [-0.15, -0.1) is 11.3 Å². The molecule has 0 aromatic carbocycles. The number of hydrogen-bond acceptors (Lipinski definition) is 5. The number of oxime groups is 1. The minimum absolute atomic E-state index is 0.196. The lowest BCUT2D eigenvalue weighted by Gasteiger charge is -2.39. The Labute approximate surface area is 130 Å². The predicted octanol–water partition coefficient (Wildman–Crippen LogP) is 2.95. The number of rotatable bonds is 4. The SMILES string of the molecule is CSC1(C(N)=NO)CCN(Cc2sccc2Br)CC1. The van der Waals surface area contributed by atoms with Crippen molar-refractivity contribution in [3.05, 3.63) is 20.8 Å². The second kappa shape index (κ2) is 6.47. The predicted molar refractivity (Wildman–Crippen MR) is 86.2 cm³/mol. The molecule has 2 rings (SSSR count). The van der Waals surface area contributed by atoms with Crippen LogP contribution >= 0.6 is 39.0 Å². The van der Waals surface area contributed by atoms with E-state index in [9.17, 15) is 0 Å². The standard InChI is InChI=1S/C12H18BrN3OS2/c1-18-12(11(14)15-17)3-5-16(6-4-12)8-10-9(13)2-7-19-10/h2,7,17H,3-6,8H2,1H3,(H2,14,15). The Morgan fingerprint density at radius 2 is 2.32 bits per heavy atom. The number of halogens is 1. The van der Waals surface area contributed by atoms with Gasteiger partial charge >= 0.3 is 0 Å². The summed E-state index contributed by atoms with van der Waals surface area (Å²) in [4.78, 5) is 3.79. The van der Waals surface area contributed by atoms with E-state index in [4.69, 9.17) is 10.9 Å². The van der Waals surface area contributed by atoms with Crippen molar-refractivity contribution in [3.8, 4) is 0 Å². The Hall–Kier alpha value is -0.240. The molecular weight excluding hydrogens is 346 g/mol. The highest BCUT2D eigenvalue weighted by atomic mass is 79.9. The number of hydrogen-bond donors (Lipinski definition) is 2. The first-order valence-electron chi connectivity index (χ1n) is 6.08. The van der Waals surface area contributed by atoms with Gasteiger partial charge in [0.15, 0.2) is 5.84 Å². The fraction of sp³-hybridized carbons (Fsp3) is 0.583. The van der Waals surface area contributed by atoms with E-state index in [2.05, 4.69) is 37.4 Å². The number of thiophene rings is 1. The summed E-state index contributed by atoms with van der Waals surface area (Å²) in [5, 5.41) is 14.2. The minimum atomic E-state index is -0.196. The van der Waals surface area contributed by atoms with E-state index in [1.54, 1.807) is 23.1 Å². The molecule has 1 aliphatic rings. The fourth-order valence-corrected chi connectivity index (χ4v) is 4.73. The number of nitrogens with two attached hydrogens (primary N) is 1. The van der Waals surface area contributed by atoms with Crippen molar-refractivity contribution >= 4 is 44.9 Å². The van der Waals surface area contributed by atoms with Crippen molar-refractivity contribution in [3.63, 3.8) is 0 Å². The zero-order valence-corrected chi connectivity index (χ0v) is 14.0. The molecular formula is C12H18BrN3OS2. The van der Waals surface area contributed by atoms with E-state index < -0.39 is 0 Å². The van der Waals surface area contributed by atoms with E-state index in [0.717, 1.165) is 32.5 Å². The van der Waals surface area contributed by atoms with Crippen molar-refractivity contribution < 1.29 is 5.21 Å². The third-order valence-corrected chi connectivity index (χ3v) is 7.00. The van der Waals surface area contributed by atoms with Crippen molar-refractivity contribution in [2.24, 2.45) is 10.9 Å². The lowest BCUT2D eigenvalue weighted by Crippen LogP contribution is -2.49. The largest absolute Gasteiger partial charge is 0.409 e. The molecule has 1 aliphatic heterocycles. The number of nitrogens with zero attached hydrogens (tertiary/aromatic N) is 2. The van der Waals surface area contributed by atoms with Gasteiger partial charge in [-0.3, -0.25) is 4.90 Å². The third-order valence-electron chi connectivity index (χ3n) is 3.69. The number of thioether (sulfide) groups is 1. The van der Waals surface area contributed by atoms with E-state index in [-0.39, 0.29) is 4.75 Å². The Balaban J connectivity index is 1.97. The van der Waals surface area contributed by atoms with Gasteiger partial charge in [-0.1, -0.05) is 5.16 Å². The summed E-state index contributed by atoms with van der Waals surface area (Å²) in [6, 6.07) is 2.09. The summed E-state index contributed by atoms with van der Waals surface area (Å²) in [5.41, 5.74) is 5.85. The zero-order valence-electron chi connectivity index (χ0n) is 10.8. The van der Waals surface area contributed by atoms with Crippen LogP contribution in [0.15, 0.2) is 21.1 Å². The molecule has 7 heteroatoms. The van der Waals surface area contributed by atoms with Crippen LogP contribution in [0.5, 0.6) is 0 Å². The van der Waals surface area contributed by atoms with Crippen LogP contribution in [0, 0.1) is 0 Å². The molecule has 0 atom stereocenters. The Kier molecular flexibility index (Phi) is 5.16. The first kappa shape index (κ1) is 15.2. The molecule has 1 aromatic heterocycles. The van der Waals surface area contributed by atoms with Crippen LogP contribution in [0.3, 0.4) is 0 Å². The van der Waals surface area contributed by atoms with Gasteiger partial charge in [0.05, 0.1) is 4.75 Å². The molecule has 19 heavy (non-hydrogen) atoms. The Morgan fingerprint density at radius 3 is 2.79 bits per heavy atom. The molecule has 106 valence electrons. The van der Waals surface area contributed by atoms with Gasteiger partial charge in [-0.2, -0.15) is 11.8 Å². The molecule has 1 saturated heterocycles. The molecule has 0 bridgehead atoms.